The summed E-state index contributed by atoms with van der Waals surface area (Å²) in [6, 6.07) is 5.93. The van der Waals surface area contributed by atoms with Gasteiger partial charge in [0.05, 0.1) is 5.60 Å². The van der Waals surface area contributed by atoms with Gasteiger partial charge in [-0.3, -0.25) is 0 Å². The molecule has 0 fully saturated rings. The molecule has 1 rings (SSSR count). The minimum atomic E-state index is -0.700. The number of likely N-dealkylation sites (N-methyl/N-ethyl adjacent to an activating group) is 1. The zero-order valence-corrected chi connectivity index (χ0v) is 9.91. The van der Waals surface area contributed by atoms with Gasteiger partial charge in [0.2, 0.25) is 0 Å². The topological polar surface area (TPSA) is 49.5 Å². The first-order valence-corrected chi connectivity index (χ1v) is 5.09. The van der Waals surface area contributed by atoms with Crippen LogP contribution in [0, 0.1) is 6.92 Å². The number of benzene rings is 1. The fourth-order valence-electron chi connectivity index (χ4n) is 1.54. The Labute approximate surface area is 91.5 Å². The Morgan fingerprint density at radius 1 is 1.40 bits per heavy atom. The van der Waals surface area contributed by atoms with Crippen LogP contribution in [0.2, 0.25) is 0 Å². The molecule has 0 unspecified atom stereocenters. The normalized spacial score (nSPS) is 11.5. The highest BCUT2D eigenvalue weighted by Gasteiger charge is 2.16. The SMILES string of the molecule is Cc1ccc(N(C)CC(C)(C)O)cc1N. The van der Waals surface area contributed by atoms with E-state index < -0.39 is 5.60 Å². The Kier molecular flexibility index (Phi) is 3.25. The van der Waals surface area contributed by atoms with Crippen molar-refractivity contribution in [2.75, 3.05) is 24.2 Å². The minimum absolute atomic E-state index is 0.579. The molecule has 0 radical (unpaired) electrons. The van der Waals surface area contributed by atoms with Crippen molar-refractivity contribution in [3.05, 3.63) is 23.8 Å². The average Bonchev–Trinajstić information content (AvgIpc) is 2.06. The molecule has 0 aliphatic heterocycles. The molecule has 0 aliphatic rings. The Balaban J connectivity index is 2.83. The van der Waals surface area contributed by atoms with E-state index >= 15 is 0 Å². The summed E-state index contributed by atoms with van der Waals surface area (Å²) in [5.74, 6) is 0. The number of nitrogens with two attached hydrogens (primary N) is 1. The lowest BCUT2D eigenvalue weighted by Gasteiger charge is -2.27. The number of nitrogens with zero attached hydrogens (tertiary/aromatic N) is 1. The maximum atomic E-state index is 9.70. The number of aryl methyl sites for hydroxylation is 1. The van der Waals surface area contributed by atoms with E-state index in [1.54, 1.807) is 13.8 Å². The standard InChI is InChI=1S/C12H20N2O/c1-9-5-6-10(7-11(9)13)14(4)8-12(2,3)15/h5-7,15H,8,13H2,1-4H3. The summed E-state index contributed by atoms with van der Waals surface area (Å²) in [6.07, 6.45) is 0. The van der Waals surface area contributed by atoms with Gasteiger partial charge in [0.15, 0.2) is 0 Å². The van der Waals surface area contributed by atoms with Gasteiger partial charge in [0.25, 0.3) is 0 Å². The van der Waals surface area contributed by atoms with E-state index in [0.29, 0.717) is 6.54 Å². The van der Waals surface area contributed by atoms with Crippen LogP contribution in [-0.4, -0.2) is 24.3 Å². The predicted molar refractivity (Wildman–Crippen MR) is 65.2 cm³/mol. The molecule has 3 nitrogen and oxygen atoms in total. The fourth-order valence-corrected chi connectivity index (χ4v) is 1.54. The summed E-state index contributed by atoms with van der Waals surface area (Å²) in [6.45, 7) is 6.15. The van der Waals surface area contributed by atoms with Crippen LogP contribution in [0.5, 0.6) is 0 Å². The zero-order chi connectivity index (χ0) is 11.6. The minimum Gasteiger partial charge on any atom is -0.398 e. The lowest BCUT2D eigenvalue weighted by molar-refractivity contribution is 0.0886. The van der Waals surface area contributed by atoms with Crippen molar-refractivity contribution < 1.29 is 5.11 Å². The van der Waals surface area contributed by atoms with Crippen LogP contribution in [0.3, 0.4) is 0 Å². The van der Waals surface area contributed by atoms with Crippen molar-refractivity contribution in [3.8, 4) is 0 Å². The van der Waals surface area contributed by atoms with Crippen LogP contribution in [0.1, 0.15) is 19.4 Å². The van der Waals surface area contributed by atoms with E-state index in [9.17, 15) is 5.11 Å². The number of hydrogen-bond donors (Lipinski definition) is 2. The lowest BCUT2D eigenvalue weighted by atomic mass is 10.1. The monoisotopic (exact) mass is 208 g/mol. The molecule has 3 heteroatoms. The number of rotatable bonds is 3. The van der Waals surface area contributed by atoms with Crippen molar-refractivity contribution in [1.82, 2.24) is 0 Å². The summed E-state index contributed by atoms with van der Waals surface area (Å²) in [5.41, 5.74) is 8.03. The third kappa shape index (κ3) is 3.44. The van der Waals surface area contributed by atoms with Crippen molar-refractivity contribution in [2.45, 2.75) is 26.4 Å². The molecular formula is C12H20N2O. The Hall–Kier alpha value is -1.22. The lowest BCUT2D eigenvalue weighted by Crippen LogP contribution is -2.36. The third-order valence-corrected chi connectivity index (χ3v) is 2.33. The Morgan fingerprint density at radius 2 is 2.00 bits per heavy atom. The van der Waals surface area contributed by atoms with Gasteiger partial charge in [-0.1, -0.05) is 6.07 Å². The molecule has 1 aromatic carbocycles. The van der Waals surface area contributed by atoms with Gasteiger partial charge in [-0.05, 0) is 38.5 Å². The second kappa shape index (κ2) is 4.11. The molecular weight excluding hydrogens is 188 g/mol. The summed E-state index contributed by atoms with van der Waals surface area (Å²) in [4.78, 5) is 2.00. The zero-order valence-electron chi connectivity index (χ0n) is 9.91. The molecule has 15 heavy (non-hydrogen) atoms. The van der Waals surface area contributed by atoms with Crippen molar-refractivity contribution >= 4 is 11.4 Å². The molecule has 0 saturated heterocycles. The van der Waals surface area contributed by atoms with Crippen LogP contribution in [0.15, 0.2) is 18.2 Å². The quantitative estimate of drug-likeness (QED) is 0.744. The Morgan fingerprint density at radius 3 is 2.47 bits per heavy atom. The van der Waals surface area contributed by atoms with Gasteiger partial charge in [-0.25, -0.2) is 0 Å². The van der Waals surface area contributed by atoms with Crippen LogP contribution < -0.4 is 10.6 Å². The third-order valence-electron chi connectivity index (χ3n) is 2.33. The molecule has 0 heterocycles. The first-order valence-electron chi connectivity index (χ1n) is 5.09. The molecule has 0 aromatic heterocycles. The van der Waals surface area contributed by atoms with E-state index in [1.807, 2.05) is 37.1 Å². The second-order valence-corrected chi connectivity index (χ2v) is 4.71. The smallest absolute Gasteiger partial charge is 0.0765 e. The summed E-state index contributed by atoms with van der Waals surface area (Å²) >= 11 is 0. The van der Waals surface area contributed by atoms with Gasteiger partial charge in [-0.2, -0.15) is 0 Å². The fraction of sp³-hybridized carbons (Fsp3) is 0.500. The molecule has 0 amide bonds. The first-order chi connectivity index (χ1) is 6.79. The maximum Gasteiger partial charge on any atom is 0.0765 e. The van der Waals surface area contributed by atoms with E-state index in [0.717, 1.165) is 16.9 Å². The van der Waals surface area contributed by atoms with Gasteiger partial charge in [0.1, 0.15) is 0 Å². The predicted octanol–water partition coefficient (Wildman–Crippen LogP) is 1.78. The molecule has 3 N–H and O–H groups in total. The van der Waals surface area contributed by atoms with Gasteiger partial charge < -0.3 is 15.7 Å². The van der Waals surface area contributed by atoms with E-state index in [-0.39, 0.29) is 0 Å². The van der Waals surface area contributed by atoms with Crippen molar-refractivity contribution in [2.24, 2.45) is 0 Å². The highest BCUT2D eigenvalue weighted by molar-refractivity contribution is 5.59. The van der Waals surface area contributed by atoms with Gasteiger partial charge >= 0.3 is 0 Å². The first kappa shape index (κ1) is 11.9. The molecule has 0 atom stereocenters. The summed E-state index contributed by atoms with van der Waals surface area (Å²) in [5, 5.41) is 9.70. The number of anilines is 2. The molecule has 0 bridgehead atoms. The summed E-state index contributed by atoms with van der Waals surface area (Å²) in [7, 11) is 1.95. The second-order valence-electron chi connectivity index (χ2n) is 4.71. The van der Waals surface area contributed by atoms with Crippen LogP contribution >= 0.6 is 0 Å². The average molecular weight is 208 g/mol. The van der Waals surface area contributed by atoms with E-state index in [4.69, 9.17) is 5.73 Å². The van der Waals surface area contributed by atoms with Crippen LogP contribution in [0.4, 0.5) is 11.4 Å². The molecule has 0 saturated carbocycles. The molecule has 84 valence electrons. The highest BCUT2D eigenvalue weighted by atomic mass is 16.3. The highest BCUT2D eigenvalue weighted by Crippen LogP contribution is 2.21. The molecule has 0 spiro atoms. The van der Waals surface area contributed by atoms with E-state index in [2.05, 4.69) is 0 Å². The van der Waals surface area contributed by atoms with E-state index in [1.165, 1.54) is 0 Å². The van der Waals surface area contributed by atoms with Crippen LogP contribution in [0.25, 0.3) is 0 Å². The number of aliphatic hydroxyl groups is 1. The Bertz CT molecular complexity index is 342. The van der Waals surface area contributed by atoms with Gasteiger partial charge in [-0.15, -0.1) is 0 Å². The van der Waals surface area contributed by atoms with Crippen molar-refractivity contribution in [1.29, 1.82) is 0 Å². The largest absolute Gasteiger partial charge is 0.398 e. The number of nitrogen functional groups attached to an aromatic ring is 1. The summed E-state index contributed by atoms with van der Waals surface area (Å²) < 4.78 is 0. The van der Waals surface area contributed by atoms with Crippen molar-refractivity contribution in [3.63, 3.8) is 0 Å². The van der Waals surface area contributed by atoms with Gasteiger partial charge in [0, 0.05) is 25.0 Å². The molecule has 1 aromatic rings. The number of hydrogen-bond acceptors (Lipinski definition) is 3. The van der Waals surface area contributed by atoms with Crippen LogP contribution in [-0.2, 0) is 0 Å². The molecule has 0 aliphatic carbocycles. The maximum absolute atomic E-state index is 9.70.